The highest BCUT2D eigenvalue weighted by Gasteiger charge is 2.32. The Morgan fingerprint density at radius 1 is 1.07 bits per heavy atom. The maximum absolute atomic E-state index is 12.9. The van der Waals surface area contributed by atoms with Gasteiger partial charge in [0, 0.05) is 0 Å². The average Bonchev–Trinajstić information content (AvgIpc) is 2.65. The van der Waals surface area contributed by atoms with Crippen LogP contribution in [0.2, 0.25) is 0 Å². The Kier molecular flexibility index (Phi) is 5.35. The molecule has 8 heteroatoms. The van der Waals surface area contributed by atoms with Gasteiger partial charge in [-0.15, -0.1) is 0 Å². The van der Waals surface area contributed by atoms with Crippen LogP contribution in [0.1, 0.15) is 12.5 Å². The van der Waals surface area contributed by atoms with Gasteiger partial charge < -0.3 is 4.74 Å². The Balaban J connectivity index is 1.56. The molecule has 1 atom stereocenters. The SMILES string of the molecule is CC1Oc2ccccc2N(CC(=O)NNC(=O)Cc2ccc(F)cc2)C1=O. The summed E-state index contributed by atoms with van der Waals surface area (Å²) in [5, 5.41) is 0. The second kappa shape index (κ2) is 7.86. The van der Waals surface area contributed by atoms with Gasteiger partial charge in [-0.3, -0.25) is 30.1 Å². The van der Waals surface area contributed by atoms with E-state index >= 15 is 0 Å². The molecule has 0 fully saturated rings. The number of halogens is 1. The van der Waals surface area contributed by atoms with Crippen LogP contribution in [0, 0.1) is 5.82 Å². The lowest BCUT2D eigenvalue weighted by atomic mass is 10.1. The third-order valence-corrected chi connectivity index (χ3v) is 3.99. The Morgan fingerprint density at radius 3 is 2.48 bits per heavy atom. The molecule has 1 aliphatic rings. The lowest BCUT2D eigenvalue weighted by molar-refractivity contribution is -0.130. The maximum atomic E-state index is 12.9. The summed E-state index contributed by atoms with van der Waals surface area (Å²) < 4.78 is 18.4. The van der Waals surface area contributed by atoms with E-state index in [1.165, 1.54) is 29.2 Å². The number of para-hydroxylation sites is 2. The summed E-state index contributed by atoms with van der Waals surface area (Å²) in [4.78, 5) is 37.7. The topological polar surface area (TPSA) is 87.7 Å². The zero-order chi connectivity index (χ0) is 19.4. The van der Waals surface area contributed by atoms with Crippen LogP contribution in [0.3, 0.4) is 0 Å². The number of nitrogens with one attached hydrogen (secondary N) is 2. The molecule has 1 heterocycles. The van der Waals surface area contributed by atoms with Gasteiger partial charge >= 0.3 is 0 Å². The smallest absolute Gasteiger partial charge is 0.268 e. The van der Waals surface area contributed by atoms with Gasteiger partial charge in [0.25, 0.3) is 11.8 Å². The fourth-order valence-electron chi connectivity index (χ4n) is 2.68. The molecular formula is C19H18FN3O4. The quantitative estimate of drug-likeness (QED) is 0.794. The Morgan fingerprint density at radius 2 is 1.74 bits per heavy atom. The van der Waals surface area contributed by atoms with Crippen molar-refractivity contribution in [2.45, 2.75) is 19.4 Å². The normalized spacial score (nSPS) is 15.6. The molecule has 1 aliphatic heterocycles. The molecule has 1 unspecified atom stereocenters. The molecule has 2 aromatic rings. The highest BCUT2D eigenvalue weighted by Crippen LogP contribution is 2.33. The van der Waals surface area contributed by atoms with Gasteiger partial charge in [0.15, 0.2) is 6.10 Å². The summed E-state index contributed by atoms with van der Waals surface area (Å²) in [5.41, 5.74) is 5.66. The number of benzene rings is 2. The number of hydrogen-bond donors (Lipinski definition) is 2. The molecule has 0 spiro atoms. The van der Waals surface area contributed by atoms with Crippen molar-refractivity contribution < 1.29 is 23.5 Å². The van der Waals surface area contributed by atoms with E-state index in [0.717, 1.165) is 0 Å². The first-order valence-corrected chi connectivity index (χ1v) is 8.33. The zero-order valence-corrected chi connectivity index (χ0v) is 14.6. The van der Waals surface area contributed by atoms with Gasteiger partial charge in [-0.2, -0.15) is 0 Å². The minimum absolute atomic E-state index is 0.0170. The molecule has 27 heavy (non-hydrogen) atoms. The first-order chi connectivity index (χ1) is 12.9. The van der Waals surface area contributed by atoms with E-state index in [1.54, 1.807) is 31.2 Å². The summed E-state index contributed by atoms with van der Waals surface area (Å²) in [7, 11) is 0. The number of rotatable bonds is 4. The number of ether oxygens (including phenoxy) is 1. The second-order valence-corrected chi connectivity index (χ2v) is 6.05. The lowest BCUT2D eigenvalue weighted by Crippen LogP contribution is -2.51. The standard InChI is InChI=1S/C19H18FN3O4/c1-12-19(26)23(15-4-2-3-5-16(15)27-12)11-18(25)22-21-17(24)10-13-6-8-14(20)9-7-13/h2-9,12H,10-11H2,1H3,(H,21,24)(H,22,25). The Hall–Kier alpha value is -3.42. The highest BCUT2D eigenvalue weighted by atomic mass is 19.1. The largest absolute Gasteiger partial charge is 0.479 e. The third-order valence-electron chi connectivity index (χ3n) is 3.99. The maximum Gasteiger partial charge on any atom is 0.268 e. The van der Waals surface area contributed by atoms with Crippen molar-refractivity contribution in [1.82, 2.24) is 10.9 Å². The number of amides is 3. The van der Waals surface area contributed by atoms with E-state index in [2.05, 4.69) is 10.9 Å². The van der Waals surface area contributed by atoms with Crippen LogP contribution in [0.4, 0.5) is 10.1 Å². The van der Waals surface area contributed by atoms with Crippen LogP contribution < -0.4 is 20.5 Å². The van der Waals surface area contributed by atoms with Crippen molar-refractivity contribution in [1.29, 1.82) is 0 Å². The van der Waals surface area contributed by atoms with Crippen molar-refractivity contribution in [3.8, 4) is 5.75 Å². The van der Waals surface area contributed by atoms with Gasteiger partial charge in [0.2, 0.25) is 5.91 Å². The molecular weight excluding hydrogens is 353 g/mol. The van der Waals surface area contributed by atoms with Crippen LogP contribution in [-0.2, 0) is 20.8 Å². The fourth-order valence-corrected chi connectivity index (χ4v) is 2.68. The number of fused-ring (bicyclic) bond motifs is 1. The first kappa shape index (κ1) is 18.4. The molecule has 0 bridgehead atoms. The van der Waals surface area contributed by atoms with Gasteiger partial charge in [0.1, 0.15) is 18.1 Å². The molecule has 7 nitrogen and oxygen atoms in total. The Labute approximate surface area is 155 Å². The van der Waals surface area contributed by atoms with Crippen molar-refractivity contribution >= 4 is 23.4 Å². The van der Waals surface area contributed by atoms with E-state index in [1.807, 2.05) is 0 Å². The van der Waals surface area contributed by atoms with E-state index in [0.29, 0.717) is 17.0 Å². The van der Waals surface area contributed by atoms with Crippen molar-refractivity contribution in [3.63, 3.8) is 0 Å². The molecule has 0 saturated carbocycles. The lowest BCUT2D eigenvalue weighted by Gasteiger charge is -2.32. The summed E-state index contributed by atoms with van der Waals surface area (Å²) >= 11 is 0. The molecule has 3 rings (SSSR count). The molecule has 2 N–H and O–H groups in total. The minimum Gasteiger partial charge on any atom is -0.479 e. The van der Waals surface area contributed by atoms with E-state index in [4.69, 9.17) is 4.74 Å². The van der Waals surface area contributed by atoms with Crippen LogP contribution in [-0.4, -0.2) is 30.4 Å². The number of hydrazine groups is 1. The number of nitrogens with zero attached hydrogens (tertiary/aromatic N) is 1. The van der Waals surface area contributed by atoms with Gasteiger partial charge in [-0.1, -0.05) is 24.3 Å². The molecule has 2 aromatic carbocycles. The van der Waals surface area contributed by atoms with E-state index in [-0.39, 0.29) is 18.9 Å². The monoisotopic (exact) mass is 371 g/mol. The Bertz CT molecular complexity index is 870. The number of carbonyl (C=O) groups excluding carboxylic acids is 3. The number of carbonyl (C=O) groups is 3. The van der Waals surface area contributed by atoms with Gasteiger partial charge in [-0.05, 0) is 36.8 Å². The van der Waals surface area contributed by atoms with Crippen molar-refractivity contribution in [2.75, 3.05) is 11.4 Å². The van der Waals surface area contributed by atoms with Crippen molar-refractivity contribution in [2.24, 2.45) is 0 Å². The average molecular weight is 371 g/mol. The summed E-state index contributed by atoms with van der Waals surface area (Å²) in [5.74, 6) is -1.24. The van der Waals surface area contributed by atoms with Crippen molar-refractivity contribution in [3.05, 3.63) is 59.9 Å². The van der Waals surface area contributed by atoms with Gasteiger partial charge in [-0.25, -0.2) is 4.39 Å². The van der Waals surface area contributed by atoms with Gasteiger partial charge in [0.05, 0.1) is 12.1 Å². The fraction of sp³-hybridized carbons (Fsp3) is 0.211. The molecule has 140 valence electrons. The number of hydrogen-bond acceptors (Lipinski definition) is 4. The molecule has 0 aromatic heterocycles. The minimum atomic E-state index is -0.708. The predicted molar refractivity (Wildman–Crippen MR) is 95.3 cm³/mol. The molecule has 3 amide bonds. The predicted octanol–water partition coefficient (Wildman–Crippen LogP) is 1.33. The van der Waals surface area contributed by atoms with Crippen LogP contribution in [0.25, 0.3) is 0 Å². The molecule has 0 saturated heterocycles. The van der Waals surface area contributed by atoms with E-state index < -0.39 is 23.7 Å². The highest BCUT2D eigenvalue weighted by molar-refractivity contribution is 6.03. The van der Waals surface area contributed by atoms with E-state index in [9.17, 15) is 18.8 Å². The molecule has 0 radical (unpaired) electrons. The third kappa shape index (κ3) is 4.41. The van der Waals surface area contributed by atoms with Crippen LogP contribution >= 0.6 is 0 Å². The zero-order valence-electron chi connectivity index (χ0n) is 14.6. The second-order valence-electron chi connectivity index (χ2n) is 6.05. The van der Waals surface area contributed by atoms with Crippen LogP contribution in [0.15, 0.2) is 48.5 Å². The summed E-state index contributed by atoms with van der Waals surface area (Å²) in [6, 6.07) is 12.4. The van der Waals surface area contributed by atoms with Crippen LogP contribution in [0.5, 0.6) is 5.75 Å². The first-order valence-electron chi connectivity index (χ1n) is 8.33. The summed E-state index contributed by atoms with van der Waals surface area (Å²) in [6.07, 6.45) is -0.725. The summed E-state index contributed by atoms with van der Waals surface area (Å²) in [6.45, 7) is 1.34. The molecule has 0 aliphatic carbocycles. The number of anilines is 1.